The van der Waals surface area contributed by atoms with Crippen molar-refractivity contribution in [2.75, 3.05) is 43.4 Å². The highest BCUT2D eigenvalue weighted by Crippen LogP contribution is 2.26. The number of urea groups is 1. The maximum Gasteiger partial charge on any atom is 0.405 e. The van der Waals surface area contributed by atoms with Gasteiger partial charge < -0.3 is 20.4 Å². The van der Waals surface area contributed by atoms with E-state index < -0.39 is 18.8 Å². The lowest BCUT2D eigenvalue weighted by Crippen LogP contribution is -2.48. The van der Waals surface area contributed by atoms with Crippen molar-refractivity contribution in [3.05, 3.63) is 48.8 Å². The SMILES string of the molecule is CN1CCN(c2ccn3c(-c4cccc(NC(=O)NCC(F)(F)F)c4)cnc3c2)CC1=O. The van der Waals surface area contributed by atoms with Crippen LogP contribution in [0, 0.1) is 0 Å². The Morgan fingerprint density at radius 2 is 2.00 bits per heavy atom. The molecule has 0 saturated carbocycles. The molecule has 2 aromatic heterocycles. The first-order valence-electron chi connectivity index (χ1n) is 9.88. The minimum Gasteiger partial charge on any atom is -0.360 e. The lowest BCUT2D eigenvalue weighted by molar-refractivity contribution is -0.129. The summed E-state index contributed by atoms with van der Waals surface area (Å²) in [5.74, 6) is 0.0590. The molecule has 0 bridgehead atoms. The maximum absolute atomic E-state index is 12.3. The van der Waals surface area contributed by atoms with Gasteiger partial charge >= 0.3 is 12.2 Å². The molecule has 0 aliphatic carbocycles. The molecule has 1 fully saturated rings. The number of pyridine rings is 1. The molecular weight excluding hydrogens is 425 g/mol. The Balaban J connectivity index is 1.52. The topological polar surface area (TPSA) is 82.0 Å². The Hall–Kier alpha value is -3.76. The average molecular weight is 446 g/mol. The van der Waals surface area contributed by atoms with Crippen molar-refractivity contribution in [1.82, 2.24) is 19.6 Å². The number of carbonyl (C=O) groups is 2. The monoisotopic (exact) mass is 446 g/mol. The molecule has 1 aliphatic rings. The second kappa shape index (κ2) is 8.40. The van der Waals surface area contributed by atoms with Crippen molar-refractivity contribution in [2.24, 2.45) is 0 Å². The van der Waals surface area contributed by atoms with E-state index in [0.29, 0.717) is 24.4 Å². The van der Waals surface area contributed by atoms with E-state index in [0.717, 1.165) is 23.5 Å². The third-order valence-corrected chi connectivity index (χ3v) is 5.18. The van der Waals surface area contributed by atoms with Crippen LogP contribution in [0.1, 0.15) is 0 Å². The Labute approximate surface area is 181 Å². The molecule has 1 saturated heterocycles. The summed E-state index contributed by atoms with van der Waals surface area (Å²) in [6.45, 7) is 0.285. The third-order valence-electron chi connectivity index (χ3n) is 5.18. The highest BCUT2D eigenvalue weighted by Gasteiger charge is 2.27. The molecule has 0 atom stereocenters. The molecule has 8 nitrogen and oxygen atoms in total. The third kappa shape index (κ3) is 4.76. The summed E-state index contributed by atoms with van der Waals surface area (Å²) in [5.41, 5.74) is 3.41. The van der Waals surface area contributed by atoms with Crippen LogP contribution >= 0.6 is 0 Å². The molecule has 11 heteroatoms. The molecule has 3 heterocycles. The normalized spacial score (nSPS) is 14.7. The van der Waals surface area contributed by atoms with Crippen molar-refractivity contribution >= 4 is 29.0 Å². The highest BCUT2D eigenvalue weighted by molar-refractivity contribution is 5.90. The Morgan fingerprint density at radius 1 is 1.19 bits per heavy atom. The number of aromatic nitrogens is 2. The Bertz CT molecular complexity index is 1160. The van der Waals surface area contributed by atoms with Gasteiger partial charge in [0.15, 0.2) is 0 Å². The van der Waals surface area contributed by atoms with Crippen LogP contribution in [0.5, 0.6) is 0 Å². The fourth-order valence-electron chi connectivity index (χ4n) is 3.47. The number of piperazine rings is 1. The van der Waals surface area contributed by atoms with Gasteiger partial charge in [-0.2, -0.15) is 13.2 Å². The molecule has 3 amide bonds. The van der Waals surface area contributed by atoms with Crippen molar-refractivity contribution < 1.29 is 22.8 Å². The number of nitrogens with zero attached hydrogens (tertiary/aromatic N) is 4. The van der Waals surface area contributed by atoms with E-state index in [1.165, 1.54) is 0 Å². The highest BCUT2D eigenvalue weighted by atomic mass is 19.4. The number of amides is 3. The van der Waals surface area contributed by atoms with Crippen LogP contribution in [-0.2, 0) is 4.79 Å². The molecule has 1 aliphatic heterocycles. The number of hydrogen-bond acceptors (Lipinski definition) is 4. The molecular formula is C21H21F3N6O2. The smallest absolute Gasteiger partial charge is 0.360 e. The van der Waals surface area contributed by atoms with Gasteiger partial charge in [-0.25, -0.2) is 9.78 Å². The van der Waals surface area contributed by atoms with Gasteiger partial charge in [-0.15, -0.1) is 0 Å². The lowest BCUT2D eigenvalue weighted by atomic mass is 10.1. The van der Waals surface area contributed by atoms with E-state index in [-0.39, 0.29) is 5.91 Å². The van der Waals surface area contributed by atoms with E-state index in [1.807, 2.05) is 33.7 Å². The Morgan fingerprint density at radius 3 is 2.75 bits per heavy atom. The molecule has 0 radical (unpaired) electrons. The summed E-state index contributed by atoms with van der Waals surface area (Å²) in [7, 11) is 1.78. The zero-order valence-electron chi connectivity index (χ0n) is 17.2. The number of imidazole rings is 1. The summed E-state index contributed by atoms with van der Waals surface area (Å²) in [5, 5.41) is 4.18. The van der Waals surface area contributed by atoms with Crippen molar-refractivity contribution in [3.8, 4) is 11.3 Å². The fourth-order valence-corrected chi connectivity index (χ4v) is 3.47. The number of fused-ring (bicyclic) bond motifs is 1. The van der Waals surface area contributed by atoms with Gasteiger partial charge in [0.1, 0.15) is 12.2 Å². The first-order valence-corrected chi connectivity index (χ1v) is 9.88. The second-order valence-corrected chi connectivity index (χ2v) is 7.50. The minimum atomic E-state index is -4.48. The number of carbonyl (C=O) groups excluding carboxylic acids is 2. The van der Waals surface area contributed by atoms with Crippen LogP contribution < -0.4 is 15.5 Å². The number of hydrogen-bond donors (Lipinski definition) is 2. The number of rotatable bonds is 4. The van der Waals surface area contributed by atoms with E-state index in [2.05, 4.69) is 10.3 Å². The molecule has 1 aromatic carbocycles. The van der Waals surface area contributed by atoms with Crippen LogP contribution in [0.4, 0.5) is 29.3 Å². The molecule has 0 spiro atoms. The van der Waals surface area contributed by atoms with Gasteiger partial charge in [0.2, 0.25) is 5.91 Å². The quantitative estimate of drug-likeness (QED) is 0.646. The molecule has 2 N–H and O–H groups in total. The summed E-state index contributed by atoms with van der Waals surface area (Å²) in [6.07, 6.45) is -0.949. The lowest BCUT2D eigenvalue weighted by Gasteiger charge is -2.33. The number of benzene rings is 1. The number of likely N-dealkylation sites (N-methyl/N-ethyl adjacent to an activating group) is 1. The first kappa shape index (κ1) is 21.5. The van der Waals surface area contributed by atoms with Crippen molar-refractivity contribution in [1.29, 1.82) is 0 Å². The molecule has 0 unspecified atom stereocenters. The first-order chi connectivity index (χ1) is 15.2. The summed E-state index contributed by atoms with van der Waals surface area (Å²) in [6, 6.07) is 9.61. The average Bonchev–Trinajstić information content (AvgIpc) is 3.17. The maximum atomic E-state index is 12.3. The van der Waals surface area contributed by atoms with Crippen LogP contribution in [0.3, 0.4) is 0 Å². The van der Waals surface area contributed by atoms with Crippen molar-refractivity contribution in [3.63, 3.8) is 0 Å². The largest absolute Gasteiger partial charge is 0.405 e. The van der Waals surface area contributed by atoms with Gasteiger partial charge in [0.05, 0.1) is 18.4 Å². The van der Waals surface area contributed by atoms with E-state index >= 15 is 0 Å². The van der Waals surface area contributed by atoms with E-state index in [9.17, 15) is 22.8 Å². The number of halogens is 3. The zero-order chi connectivity index (χ0) is 22.9. The molecule has 168 valence electrons. The summed E-state index contributed by atoms with van der Waals surface area (Å²) < 4.78 is 38.7. The van der Waals surface area contributed by atoms with Crippen LogP contribution in [0.2, 0.25) is 0 Å². The van der Waals surface area contributed by atoms with E-state index in [4.69, 9.17) is 0 Å². The fraction of sp³-hybridized carbons (Fsp3) is 0.286. The summed E-state index contributed by atoms with van der Waals surface area (Å²) >= 11 is 0. The van der Waals surface area contributed by atoms with Crippen LogP contribution in [0.25, 0.3) is 16.9 Å². The number of nitrogens with one attached hydrogen (secondary N) is 2. The standard InChI is InChI=1S/C21H21F3N6O2/c1-28-7-8-29(12-19(28)31)16-5-6-30-17(11-25-18(30)10-16)14-3-2-4-15(9-14)27-20(32)26-13-21(22,23)24/h2-6,9-11H,7-8,12-13H2,1H3,(H2,26,27,32). The number of alkyl halides is 3. The predicted octanol–water partition coefficient (Wildman–Crippen LogP) is 2.96. The van der Waals surface area contributed by atoms with Crippen LogP contribution in [0.15, 0.2) is 48.8 Å². The van der Waals surface area contributed by atoms with Gasteiger partial charge in [-0.05, 0) is 18.2 Å². The zero-order valence-corrected chi connectivity index (χ0v) is 17.2. The molecule has 3 aromatic rings. The molecule has 4 rings (SSSR count). The predicted molar refractivity (Wildman–Crippen MR) is 114 cm³/mol. The molecule has 32 heavy (non-hydrogen) atoms. The number of anilines is 2. The second-order valence-electron chi connectivity index (χ2n) is 7.50. The van der Waals surface area contributed by atoms with E-state index in [1.54, 1.807) is 41.7 Å². The van der Waals surface area contributed by atoms with Gasteiger partial charge in [-0.1, -0.05) is 12.1 Å². The van der Waals surface area contributed by atoms with Gasteiger partial charge in [-0.3, -0.25) is 9.20 Å². The van der Waals surface area contributed by atoms with Gasteiger partial charge in [0, 0.05) is 49.3 Å². The van der Waals surface area contributed by atoms with Gasteiger partial charge in [0.25, 0.3) is 0 Å². The summed E-state index contributed by atoms with van der Waals surface area (Å²) in [4.78, 5) is 31.9. The Kier molecular flexibility index (Phi) is 5.64. The van der Waals surface area contributed by atoms with Crippen molar-refractivity contribution in [2.45, 2.75) is 6.18 Å². The van der Waals surface area contributed by atoms with Crippen LogP contribution in [-0.4, -0.2) is 65.6 Å². The minimum absolute atomic E-state index is 0.0590.